The lowest BCUT2D eigenvalue weighted by molar-refractivity contribution is -0.0618. The summed E-state index contributed by atoms with van der Waals surface area (Å²) in [4.78, 5) is 26.4. The van der Waals surface area contributed by atoms with Crippen LogP contribution >= 0.6 is 11.6 Å². The number of alkyl halides is 2. The molecule has 0 saturated carbocycles. The van der Waals surface area contributed by atoms with Crippen LogP contribution in [-0.4, -0.2) is 50.6 Å². The fourth-order valence-electron chi connectivity index (χ4n) is 3.82. The van der Waals surface area contributed by atoms with E-state index in [-0.39, 0.29) is 24.3 Å². The minimum Gasteiger partial charge on any atom is -0.447 e. The molecule has 4 rings (SSSR count). The van der Waals surface area contributed by atoms with Crippen LogP contribution in [-0.2, 0) is 9.47 Å². The van der Waals surface area contributed by atoms with Crippen molar-refractivity contribution in [3.05, 3.63) is 46.9 Å². The van der Waals surface area contributed by atoms with Crippen molar-refractivity contribution in [2.24, 2.45) is 0 Å². The Balaban J connectivity index is 1.59. The molecular formula is C24H27ClF2N6O4. The number of hydrogen-bond donors (Lipinski definition) is 1. The highest BCUT2D eigenvalue weighted by Crippen LogP contribution is 2.31. The third kappa shape index (κ3) is 6.31. The lowest BCUT2D eigenvalue weighted by atomic mass is 10.1. The highest BCUT2D eigenvalue weighted by molar-refractivity contribution is 6.30. The molecular weight excluding hydrogens is 510 g/mol. The number of benzene rings is 1. The van der Waals surface area contributed by atoms with Crippen LogP contribution in [0.25, 0.3) is 11.4 Å². The van der Waals surface area contributed by atoms with Crippen LogP contribution in [0.4, 0.5) is 25.3 Å². The molecule has 13 heteroatoms. The van der Waals surface area contributed by atoms with Gasteiger partial charge in [0.2, 0.25) is 17.7 Å². The maximum atomic E-state index is 13.7. The zero-order chi connectivity index (χ0) is 26.9. The maximum Gasteiger partial charge on any atom is 0.416 e. The van der Waals surface area contributed by atoms with Gasteiger partial charge in [0.1, 0.15) is 30.2 Å². The quantitative estimate of drug-likeness (QED) is 0.380. The van der Waals surface area contributed by atoms with E-state index in [9.17, 15) is 13.6 Å². The van der Waals surface area contributed by atoms with Gasteiger partial charge in [-0.3, -0.25) is 4.90 Å². The van der Waals surface area contributed by atoms with Gasteiger partial charge < -0.3 is 19.3 Å². The zero-order valence-corrected chi connectivity index (χ0v) is 21.7. The predicted octanol–water partition coefficient (Wildman–Crippen LogP) is 5.82. The van der Waals surface area contributed by atoms with Crippen LogP contribution in [0.2, 0.25) is 5.02 Å². The first-order valence-corrected chi connectivity index (χ1v) is 12.0. The first kappa shape index (κ1) is 26.7. The van der Waals surface area contributed by atoms with Crippen LogP contribution in [0, 0.1) is 0 Å². The number of halogens is 3. The molecule has 0 bridgehead atoms. The monoisotopic (exact) mass is 536 g/mol. The van der Waals surface area contributed by atoms with Gasteiger partial charge in [0.25, 0.3) is 6.43 Å². The van der Waals surface area contributed by atoms with Crippen molar-refractivity contribution < 1.29 is 27.6 Å². The molecule has 0 aliphatic carbocycles. The van der Waals surface area contributed by atoms with E-state index in [2.05, 4.69) is 25.4 Å². The fourth-order valence-corrected chi connectivity index (χ4v) is 3.94. The summed E-state index contributed by atoms with van der Waals surface area (Å²) in [7, 11) is 0. The molecule has 3 heterocycles. The van der Waals surface area contributed by atoms with Crippen molar-refractivity contribution in [1.82, 2.24) is 20.1 Å². The lowest BCUT2D eigenvalue weighted by Gasteiger charge is -2.31. The summed E-state index contributed by atoms with van der Waals surface area (Å²) in [5.41, 5.74) is -0.363. The number of anilines is 2. The van der Waals surface area contributed by atoms with Gasteiger partial charge in [-0.2, -0.15) is 9.97 Å². The van der Waals surface area contributed by atoms with Crippen molar-refractivity contribution in [1.29, 1.82) is 0 Å². The molecule has 1 amide bonds. The summed E-state index contributed by atoms with van der Waals surface area (Å²) < 4.78 is 44.0. The van der Waals surface area contributed by atoms with E-state index < -0.39 is 42.0 Å². The van der Waals surface area contributed by atoms with Gasteiger partial charge in [0, 0.05) is 16.7 Å². The van der Waals surface area contributed by atoms with E-state index in [0.717, 1.165) is 6.07 Å². The molecule has 1 aliphatic rings. The van der Waals surface area contributed by atoms with E-state index in [4.69, 9.17) is 25.6 Å². The van der Waals surface area contributed by atoms with Crippen LogP contribution in [0.1, 0.15) is 58.7 Å². The molecule has 0 spiro atoms. The van der Waals surface area contributed by atoms with E-state index >= 15 is 0 Å². The molecule has 37 heavy (non-hydrogen) atoms. The Bertz CT molecular complexity index is 1250. The molecule has 3 atom stereocenters. The minimum atomic E-state index is -2.90. The Hall–Kier alpha value is -3.38. The smallest absolute Gasteiger partial charge is 0.416 e. The number of nitrogens with one attached hydrogen (secondary N) is 1. The third-order valence-electron chi connectivity index (χ3n) is 5.45. The number of cyclic esters (lactones) is 1. The number of carbonyl (C=O) groups is 1. The zero-order valence-electron chi connectivity index (χ0n) is 20.9. The highest BCUT2D eigenvalue weighted by Gasteiger charge is 2.41. The Labute approximate surface area is 217 Å². The van der Waals surface area contributed by atoms with Crippen LogP contribution in [0.15, 0.2) is 34.9 Å². The second-order valence-corrected chi connectivity index (χ2v) is 9.99. The van der Waals surface area contributed by atoms with Gasteiger partial charge in [-0.25, -0.2) is 18.6 Å². The summed E-state index contributed by atoms with van der Waals surface area (Å²) >= 11 is 5.92. The van der Waals surface area contributed by atoms with Crippen LogP contribution < -0.4 is 10.2 Å². The van der Waals surface area contributed by atoms with Crippen LogP contribution in [0.5, 0.6) is 0 Å². The molecule has 3 aromatic rings. The Morgan fingerprint density at radius 2 is 1.86 bits per heavy atom. The van der Waals surface area contributed by atoms with Crippen molar-refractivity contribution in [2.75, 3.05) is 16.8 Å². The summed E-state index contributed by atoms with van der Waals surface area (Å²) in [6.07, 6.45) is -4.08. The van der Waals surface area contributed by atoms with Gasteiger partial charge in [0.05, 0.1) is 11.7 Å². The van der Waals surface area contributed by atoms with Crippen molar-refractivity contribution >= 4 is 29.5 Å². The molecule has 0 radical (unpaired) electrons. The number of rotatable bonds is 8. The molecule has 0 unspecified atom stereocenters. The maximum absolute atomic E-state index is 13.7. The fraction of sp³-hybridized carbons (Fsp3) is 0.458. The van der Waals surface area contributed by atoms with Crippen molar-refractivity contribution in [2.45, 2.75) is 64.8 Å². The van der Waals surface area contributed by atoms with E-state index in [1.807, 2.05) is 20.8 Å². The number of hydrogen-bond acceptors (Lipinski definition) is 9. The second-order valence-electron chi connectivity index (χ2n) is 9.55. The van der Waals surface area contributed by atoms with Gasteiger partial charge in [0.15, 0.2) is 0 Å². The third-order valence-corrected chi connectivity index (χ3v) is 5.70. The first-order chi connectivity index (χ1) is 17.4. The molecule has 1 aliphatic heterocycles. The van der Waals surface area contributed by atoms with E-state index in [1.165, 1.54) is 4.90 Å². The summed E-state index contributed by atoms with van der Waals surface area (Å²) in [6, 6.07) is 6.73. The summed E-state index contributed by atoms with van der Waals surface area (Å²) in [5, 5.41) is 7.43. The molecule has 1 aromatic carbocycles. The van der Waals surface area contributed by atoms with Gasteiger partial charge >= 0.3 is 6.09 Å². The Morgan fingerprint density at radius 3 is 2.51 bits per heavy atom. The molecule has 1 saturated heterocycles. The van der Waals surface area contributed by atoms with E-state index in [1.54, 1.807) is 38.1 Å². The van der Waals surface area contributed by atoms with Crippen LogP contribution in [0.3, 0.4) is 0 Å². The predicted molar refractivity (Wildman–Crippen MR) is 132 cm³/mol. The Morgan fingerprint density at radius 1 is 1.16 bits per heavy atom. The average molecular weight is 537 g/mol. The largest absolute Gasteiger partial charge is 0.447 e. The summed E-state index contributed by atoms with van der Waals surface area (Å²) in [6.45, 7) is 9.14. The van der Waals surface area contributed by atoms with Gasteiger partial charge in [-0.05, 0) is 58.9 Å². The molecule has 1 fully saturated rings. The SMILES string of the molecule is C[C@H](Nc1nc(C(F)F)cc(N2C(=O)OC[C@@H]2[C@@H](C)OC(C)(C)C)n1)c1nc(-c2ccc(Cl)cc2)no1. The standard InChI is InChI=1S/C24H27ClF2N6O4/c1-12(21-31-20(32-37-21)14-6-8-15(25)9-7-14)28-22-29-16(19(26)27)10-18(30-22)33-17(11-35-23(33)34)13(2)36-24(3,4)5/h6-10,12-13,17,19H,11H2,1-5H3,(H,28,29,30)/t12-,13+,17+/m0/s1. The number of aromatic nitrogens is 4. The van der Waals surface area contributed by atoms with Crippen molar-refractivity contribution in [3.8, 4) is 11.4 Å². The lowest BCUT2D eigenvalue weighted by Crippen LogP contribution is -2.45. The normalized spacial score (nSPS) is 17.7. The molecule has 1 N–H and O–H groups in total. The number of amides is 1. The average Bonchev–Trinajstić information content (AvgIpc) is 3.45. The Kier molecular flexibility index (Phi) is 7.60. The molecule has 198 valence electrons. The van der Waals surface area contributed by atoms with E-state index in [0.29, 0.717) is 16.4 Å². The molecule has 10 nitrogen and oxygen atoms in total. The molecule has 2 aromatic heterocycles. The number of ether oxygens (including phenoxy) is 2. The number of carbonyl (C=O) groups excluding carboxylic acids is 1. The van der Waals surface area contributed by atoms with Gasteiger partial charge in [-0.15, -0.1) is 0 Å². The first-order valence-electron chi connectivity index (χ1n) is 11.6. The minimum absolute atomic E-state index is 0.0265. The number of nitrogens with zero attached hydrogens (tertiary/aromatic N) is 5. The van der Waals surface area contributed by atoms with Gasteiger partial charge in [-0.1, -0.05) is 16.8 Å². The topological polar surface area (TPSA) is 116 Å². The van der Waals surface area contributed by atoms with Crippen molar-refractivity contribution in [3.63, 3.8) is 0 Å². The summed E-state index contributed by atoms with van der Waals surface area (Å²) in [5.74, 6) is 0.334. The highest BCUT2D eigenvalue weighted by atomic mass is 35.5. The second kappa shape index (κ2) is 10.5.